The molecule has 0 spiro atoms. The summed E-state index contributed by atoms with van der Waals surface area (Å²) >= 11 is 1.69. The van der Waals surface area contributed by atoms with Crippen molar-refractivity contribution in [2.24, 2.45) is 0 Å². The Labute approximate surface area is 128 Å². The molecule has 0 aliphatic carbocycles. The largest absolute Gasteiger partial charge is 0.491 e. The van der Waals surface area contributed by atoms with Crippen LogP contribution < -0.4 is 10.1 Å². The second-order valence-electron chi connectivity index (χ2n) is 4.76. The molecule has 21 heavy (non-hydrogen) atoms. The molecule has 0 saturated heterocycles. The van der Waals surface area contributed by atoms with Crippen molar-refractivity contribution in [3.8, 4) is 5.75 Å². The summed E-state index contributed by atoms with van der Waals surface area (Å²) in [6.45, 7) is 2.97. The van der Waals surface area contributed by atoms with Gasteiger partial charge in [-0.3, -0.25) is 4.79 Å². The highest BCUT2D eigenvalue weighted by molar-refractivity contribution is 7.09. The maximum absolute atomic E-state index is 11.2. The van der Waals surface area contributed by atoms with Gasteiger partial charge in [0.25, 0.3) is 0 Å². The van der Waals surface area contributed by atoms with E-state index in [0.29, 0.717) is 17.9 Å². The van der Waals surface area contributed by atoms with Gasteiger partial charge in [-0.15, -0.1) is 11.3 Å². The second-order valence-corrected chi connectivity index (χ2v) is 5.79. The molecule has 2 rings (SSSR count). The van der Waals surface area contributed by atoms with Gasteiger partial charge in [-0.2, -0.15) is 0 Å². The Bertz CT molecular complexity index is 551. The van der Waals surface area contributed by atoms with Gasteiger partial charge in [0.15, 0.2) is 5.78 Å². The van der Waals surface area contributed by atoms with Gasteiger partial charge in [0.1, 0.15) is 18.5 Å². The SMILES string of the molecule is CC(=O)c1ccc(OC[C@@H](O)CNCc2cccs2)cc1. The molecule has 0 radical (unpaired) electrons. The predicted molar refractivity (Wildman–Crippen MR) is 84.0 cm³/mol. The van der Waals surface area contributed by atoms with Gasteiger partial charge >= 0.3 is 0 Å². The minimum atomic E-state index is -0.572. The Balaban J connectivity index is 1.68. The number of carbonyl (C=O) groups is 1. The molecule has 0 amide bonds. The number of ether oxygens (including phenoxy) is 1. The zero-order valence-corrected chi connectivity index (χ0v) is 12.7. The smallest absolute Gasteiger partial charge is 0.159 e. The lowest BCUT2D eigenvalue weighted by Gasteiger charge is -2.13. The molecule has 0 saturated carbocycles. The lowest BCUT2D eigenvalue weighted by atomic mass is 10.1. The van der Waals surface area contributed by atoms with E-state index in [-0.39, 0.29) is 12.4 Å². The highest BCUT2D eigenvalue weighted by atomic mass is 32.1. The van der Waals surface area contributed by atoms with Crippen molar-refractivity contribution in [2.45, 2.75) is 19.6 Å². The number of nitrogens with one attached hydrogen (secondary N) is 1. The third-order valence-electron chi connectivity index (χ3n) is 2.96. The van der Waals surface area contributed by atoms with Crippen LogP contribution >= 0.6 is 11.3 Å². The monoisotopic (exact) mass is 305 g/mol. The average Bonchev–Trinajstić information content (AvgIpc) is 2.99. The van der Waals surface area contributed by atoms with Crippen molar-refractivity contribution in [2.75, 3.05) is 13.2 Å². The van der Waals surface area contributed by atoms with Crippen LogP contribution in [0.1, 0.15) is 22.2 Å². The topological polar surface area (TPSA) is 58.6 Å². The number of Topliss-reactive ketones (excluding diaryl/α,β-unsaturated/α-hetero) is 1. The normalized spacial score (nSPS) is 12.1. The molecule has 1 aromatic heterocycles. The van der Waals surface area contributed by atoms with E-state index in [1.807, 2.05) is 11.4 Å². The Morgan fingerprint density at radius 1 is 1.33 bits per heavy atom. The summed E-state index contributed by atoms with van der Waals surface area (Å²) in [5.41, 5.74) is 0.653. The van der Waals surface area contributed by atoms with Gasteiger partial charge in [-0.05, 0) is 42.6 Å². The summed E-state index contributed by atoms with van der Waals surface area (Å²) in [4.78, 5) is 12.4. The third-order valence-corrected chi connectivity index (χ3v) is 3.84. The highest BCUT2D eigenvalue weighted by Crippen LogP contribution is 2.13. The molecular weight excluding hydrogens is 286 g/mol. The molecule has 1 aromatic carbocycles. The number of ketones is 1. The van der Waals surface area contributed by atoms with Crippen LogP contribution in [0.3, 0.4) is 0 Å². The molecule has 2 N–H and O–H groups in total. The minimum Gasteiger partial charge on any atom is -0.491 e. The summed E-state index contributed by atoms with van der Waals surface area (Å²) < 4.78 is 5.49. The van der Waals surface area contributed by atoms with Crippen molar-refractivity contribution in [3.63, 3.8) is 0 Å². The van der Waals surface area contributed by atoms with Gasteiger partial charge in [0.2, 0.25) is 0 Å². The van der Waals surface area contributed by atoms with E-state index >= 15 is 0 Å². The van der Waals surface area contributed by atoms with Crippen molar-refractivity contribution in [1.29, 1.82) is 0 Å². The number of aliphatic hydroxyl groups excluding tert-OH is 1. The number of hydrogen-bond acceptors (Lipinski definition) is 5. The maximum atomic E-state index is 11.2. The van der Waals surface area contributed by atoms with Gasteiger partial charge < -0.3 is 15.2 Å². The second kappa shape index (κ2) is 7.93. The van der Waals surface area contributed by atoms with Crippen molar-refractivity contribution in [3.05, 3.63) is 52.2 Å². The van der Waals surface area contributed by atoms with Gasteiger partial charge in [-0.25, -0.2) is 0 Å². The van der Waals surface area contributed by atoms with Crippen LogP contribution in [0.15, 0.2) is 41.8 Å². The molecule has 1 heterocycles. The van der Waals surface area contributed by atoms with Gasteiger partial charge in [-0.1, -0.05) is 6.07 Å². The molecule has 1 atom stereocenters. The summed E-state index contributed by atoms with van der Waals surface area (Å²) in [6.07, 6.45) is -0.572. The Morgan fingerprint density at radius 2 is 2.10 bits per heavy atom. The summed E-state index contributed by atoms with van der Waals surface area (Å²) in [5.74, 6) is 0.677. The zero-order chi connectivity index (χ0) is 15.1. The average molecular weight is 305 g/mol. The van der Waals surface area contributed by atoms with Crippen LogP contribution in [-0.2, 0) is 6.54 Å². The van der Waals surface area contributed by atoms with E-state index in [9.17, 15) is 9.90 Å². The Hall–Kier alpha value is -1.69. The third kappa shape index (κ3) is 5.30. The highest BCUT2D eigenvalue weighted by Gasteiger charge is 2.06. The van der Waals surface area contributed by atoms with Crippen LogP contribution in [0, 0.1) is 0 Å². The molecule has 0 aliphatic rings. The Kier molecular flexibility index (Phi) is 5.92. The number of rotatable bonds is 8. The first-order valence-corrected chi connectivity index (χ1v) is 7.68. The van der Waals surface area contributed by atoms with Crippen LogP contribution in [0.2, 0.25) is 0 Å². The molecule has 112 valence electrons. The molecule has 4 nitrogen and oxygen atoms in total. The first-order chi connectivity index (χ1) is 10.1. The van der Waals surface area contributed by atoms with Crippen LogP contribution in [0.4, 0.5) is 0 Å². The molecule has 0 unspecified atom stereocenters. The van der Waals surface area contributed by atoms with Crippen molar-refractivity contribution < 1.29 is 14.6 Å². The van der Waals surface area contributed by atoms with Crippen LogP contribution in [0.5, 0.6) is 5.75 Å². The number of carbonyl (C=O) groups excluding carboxylic acids is 1. The van der Waals surface area contributed by atoms with Gasteiger partial charge in [0.05, 0.1) is 0 Å². The first-order valence-electron chi connectivity index (χ1n) is 6.80. The summed E-state index contributed by atoms with van der Waals surface area (Å²) in [5, 5.41) is 15.1. The molecular formula is C16H19NO3S. The van der Waals surface area contributed by atoms with E-state index in [2.05, 4.69) is 11.4 Å². The van der Waals surface area contributed by atoms with E-state index < -0.39 is 6.10 Å². The van der Waals surface area contributed by atoms with Gasteiger partial charge in [0, 0.05) is 23.5 Å². The molecule has 5 heteroatoms. The predicted octanol–water partition coefficient (Wildman–Crippen LogP) is 2.48. The lowest BCUT2D eigenvalue weighted by Crippen LogP contribution is -2.30. The fourth-order valence-electron chi connectivity index (χ4n) is 1.81. The van der Waals surface area contributed by atoms with E-state index in [1.165, 1.54) is 11.8 Å². The van der Waals surface area contributed by atoms with E-state index in [0.717, 1.165) is 6.54 Å². The van der Waals surface area contributed by atoms with Crippen molar-refractivity contribution in [1.82, 2.24) is 5.32 Å². The van der Waals surface area contributed by atoms with E-state index in [4.69, 9.17) is 4.74 Å². The Morgan fingerprint density at radius 3 is 2.71 bits per heavy atom. The maximum Gasteiger partial charge on any atom is 0.159 e. The van der Waals surface area contributed by atoms with E-state index in [1.54, 1.807) is 35.6 Å². The molecule has 0 aliphatic heterocycles. The fourth-order valence-corrected chi connectivity index (χ4v) is 2.49. The minimum absolute atomic E-state index is 0.0272. The standard InChI is InChI=1S/C16H19NO3S/c1-12(18)13-4-6-15(7-5-13)20-11-14(19)9-17-10-16-3-2-8-21-16/h2-8,14,17,19H,9-11H2,1H3/t14-/m0/s1. The first kappa shape index (κ1) is 15.7. The molecule has 2 aromatic rings. The quantitative estimate of drug-likeness (QED) is 0.736. The van der Waals surface area contributed by atoms with Crippen LogP contribution in [-0.4, -0.2) is 30.1 Å². The fraction of sp³-hybridized carbons (Fsp3) is 0.312. The number of benzene rings is 1. The van der Waals surface area contributed by atoms with Crippen LogP contribution in [0.25, 0.3) is 0 Å². The number of aliphatic hydroxyl groups is 1. The van der Waals surface area contributed by atoms with Crippen molar-refractivity contribution >= 4 is 17.1 Å². The lowest BCUT2D eigenvalue weighted by molar-refractivity contribution is 0.101. The summed E-state index contributed by atoms with van der Waals surface area (Å²) in [7, 11) is 0. The molecule has 0 fully saturated rings. The molecule has 0 bridgehead atoms. The number of thiophene rings is 1. The number of hydrogen-bond donors (Lipinski definition) is 2. The summed E-state index contributed by atoms with van der Waals surface area (Å²) in [6, 6.07) is 11.0. The zero-order valence-electron chi connectivity index (χ0n) is 11.9.